The average Bonchev–Trinajstić information content (AvgIpc) is 2.77. The van der Waals surface area contributed by atoms with Crippen molar-refractivity contribution in [2.45, 2.75) is 17.8 Å². The molecule has 0 fully saturated rings. The number of rotatable bonds is 3. The Hall–Kier alpha value is -1.17. The lowest BCUT2D eigenvalue weighted by molar-refractivity contribution is -0.132. The van der Waals surface area contributed by atoms with E-state index in [0.717, 1.165) is 5.56 Å². The zero-order valence-electron chi connectivity index (χ0n) is 9.57. The Kier molecular flexibility index (Phi) is 4.16. The van der Waals surface area contributed by atoms with Crippen LogP contribution >= 0.6 is 11.8 Å². The van der Waals surface area contributed by atoms with E-state index < -0.39 is 12.6 Å². The molecule has 2 nitrogen and oxygen atoms in total. The van der Waals surface area contributed by atoms with E-state index in [1.807, 2.05) is 30.3 Å². The number of hydrogen-bond acceptors (Lipinski definition) is 3. The van der Waals surface area contributed by atoms with Crippen LogP contribution < -0.4 is 5.32 Å². The molecule has 1 aliphatic heterocycles. The zero-order chi connectivity index (χ0) is 13.0. The minimum Gasteiger partial charge on any atom is -0.365 e. The van der Waals surface area contributed by atoms with Gasteiger partial charge >= 0.3 is 6.18 Å². The average molecular weight is 274 g/mol. The van der Waals surface area contributed by atoms with Crippen LogP contribution in [0, 0.1) is 0 Å². The highest BCUT2D eigenvalue weighted by Crippen LogP contribution is 2.34. The van der Waals surface area contributed by atoms with E-state index in [1.54, 1.807) is 0 Å². The van der Waals surface area contributed by atoms with Gasteiger partial charge in [0.2, 0.25) is 0 Å². The maximum Gasteiger partial charge on any atom is 0.390 e. The lowest BCUT2D eigenvalue weighted by Crippen LogP contribution is -2.25. The Labute approximate surface area is 108 Å². The summed E-state index contributed by atoms with van der Waals surface area (Å²) in [6.07, 6.45) is -4.95. The van der Waals surface area contributed by atoms with Gasteiger partial charge in [0.1, 0.15) is 0 Å². The third-order valence-electron chi connectivity index (χ3n) is 2.51. The van der Waals surface area contributed by atoms with Crippen LogP contribution in [0.15, 0.2) is 35.3 Å². The molecule has 1 N–H and O–H groups in total. The third kappa shape index (κ3) is 3.94. The van der Waals surface area contributed by atoms with E-state index in [0.29, 0.717) is 11.7 Å². The molecule has 0 aliphatic carbocycles. The van der Waals surface area contributed by atoms with Crippen molar-refractivity contribution in [2.24, 2.45) is 4.99 Å². The van der Waals surface area contributed by atoms with Gasteiger partial charge in [0.15, 0.2) is 5.17 Å². The van der Waals surface area contributed by atoms with Crippen LogP contribution in [0.4, 0.5) is 13.2 Å². The van der Waals surface area contributed by atoms with E-state index in [2.05, 4.69) is 10.3 Å². The van der Waals surface area contributed by atoms with Crippen molar-refractivity contribution in [3.05, 3.63) is 35.9 Å². The van der Waals surface area contributed by atoms with Crippen LogP contribution in [-0.2, 0) is 0 Å². The first-order valence-corrected chi connectivity index (χ1v) is 6.49. The number of alkyl halides is 3. The Morgan fingerprint density at radius 2 is 2.00 bits per heavy atom. The summed E-state index contributed by atoms with van der Waals surface area (Å²) in [5.74, 6) is 0. The molecule has 1 aromatic rings. The third-order valence-corrected chi connectivity index (χ3v) is 3.71. The second-order valence-electron chi connectivity index (χ2n) is 3.95. The fourth-order valence-corrected chi connectivity index (χ4v) is 2.67. The van der Waals surface area contributed by atoms with E-state index in [9.17, 15) is 13.2 Å². The first-order chi connectivity index (χ1) is 8.54. The molecule has 2 rings (SSSR count). The van der Waals surface area contributed by atoms with Gasteiger partial charge in [-0.25, -0.2) is 0 Å². The van der Waals surface area contributed by atoms with Crippen LogP contribution in [0.25, 0.3) is 0 Å². The lowest BCUT2D eigenvalue weighted by atomic mass is 10.1. The molecule has 0 bridgehead atoms. The highest BCUT2D eigenvalue weighted by Gasteiger charge is 2.27. The van der Waals surface area contributed by atoms with Crippen molar-refractivity contribution in [3.63, 3.8) is 0 Å². The molecule has 0 radical (unpaired) electrons. The van der Waals surface area contributed by atoms with E-state index in [-0.39, 0.29) is 11.8 Å². The monoisotopic (exact) mass is 274 g/mol. The number of nitrogens with zero attached hydrogens (tertiary/aromatic N) is 1. The summed E-state index contributed by atoms with van der Waals surface area (Å²) in [7, 11) is 0. The fraction of sp³-hybridized carbons (Fsp3) is 0.417. The van der Waals surface area contributed by atoms with Gasteiger partial charge in [0.05, 0.1) is 18.2 Å². The van der Waals surface area contributed by atoms with Gasteiger partial charge in [0.25, 0.3) is 0 Å². The summed E-state index contributed by atoms with van der Waals surface area (Å²) in [4.78, 5) is 4.21. The summed E-state index contributed by atoms with van der Waals surface area (Å²) >= 11 is 1.49. The summed E-state index contributed by atoms with van der Waals surface area (Å²) in [5, 5.41) is 3.54. The van der Waals surface area contributed by atoms with Gasteiger partial charge < -0.3 is 5.32 Å². The molecule has 98 valence electrons. The number of amidine groups is 1. The standard InChI is InChI=1S/C12H13F3N2S/c13-12(14,15)6-7-16-11-17-8-10(18-11)9-4-2-1-3-5-9/h1-5,10H,6-8H2,(H,16,17). The van der Waals surface area contributed by atoms with Crippen molar-refractivity contribution < 1.29 is 13.2 Å². The van der Waals surface area contributed by atoms with Gasteiger partial charge in [-0.05, 0) is 5.56 Å². The molecule has 0 saturated heterocycles. The molecule has 1 aromatic carbocycles. The summed E-state index contributed by atoms with van der Waals surface area (Å²) in [6, 6.07) is 9.85. The molecular formula is C12H13F3N2S. The fourth-order valence-electron chi connectivity index (χ4n) is 1.62. The molecule has 0 saturated carbocycles. The van der Waals surface area contributed by atoms with Crippen molar-refractivity contribution >= 4 is 16.9 Å². The molecule has 1 atom stereocenters. The van der Waals surface area contributed by atoms with Crippen LogP contribution in [-0.4, -0.2) is 24.4 Å². The topological polar surface area (TPSA) is 24.4 Å². The maximum absolute atomic E-state index is 12.0. The van der Waals surface area contributed by atoms with Gasteiger partial charge in [-0.3, -0.25) is 4.99 Å². The Bertz CT molecular complexity index is 417. The molecule has 0 aromatic heterocycles. The predicted molar refractivity (Wildman–Crippen MR) is 67.8 cm³/mol. The number of hydrogen-bond donors (Lipinski definition) is 1. The normalized spacial score (nSPS) is 19.7. The predicted octanol–water partition coefficient (Wildman–Crippen LogP) is 3.37. The van der Waals surface area contributed by atoms with Crippen LogP contribution in [0.3, 0.4) is 0 Å². The van der Waals surface area contributed by atoms with Gasteiger partial charge in [-0.15, -0.1) is 0 Å². The molecular weight excluding hydrogens is 261 g/mol. The highest BCUT2D eigenvalue weighted by atomic mass is 32.2. The second kappa shape index (κ2) is 5.65. The molecule has 0 spiro atoms. The summed E-state index contributed by atoms with van der Waals surface area (Å²) < 4.78 is 36.0. The Balaban J connectivity index is 1.78. The molecule has 1 aliphatic rings. The van der Waals surface area contributed by atoms with Gasteiger partial charge in [-0.2, -0.15) is 13.2 Å². The highest BCUT2D eigenvalue weighted by molar-refractivity contribution is 8.14. The van der Waals surface area contributed by atoms with Gasteiger partial charge in [-0.1, -0.05) is 42.1 Å². The maximum atomic E-state index is 12.0. The van der Waals surface area contributed by atoms with E-state index in [4.69, 9.17) is 0 Å². The first kappa shape index (κ1) is 13.3. The molecule has 1 heterocycles. The number of thioether (sulfide) groups is 1. The largest absolute Gasteiger partial charge is 0.390 e. The first-order valence-electron chi connectivity index (χ1n) is 5.61. The molecule has 18 heavy (non-hydrogen) atoms. The molecule has 1 unspecified atom stereocenters. The minimum atomic E-state index is -4.12. The van der Waals surface area contributed by atoms with Crippen LogP contribution in [0.2, 0.25) is 0 Å². The Morgan fingerprint density at radius 3 is 2.67 bits per heavy atom. The lowest BCUT2D eigenvalue weighted by Gasteiger charge is -2.10. The van der Waals surface area contributed by atoms with Gasteiger partial charge in [0, 0.05) is 6.54 Å². The SMILES string of the molecule is FC(F)(F)CCNC1=NCC(c2ccccc2)S1. The molecule has 6 heteroatoms. The smallest absolute Gasteiger partial charge is 0.365 e. The van der Waals surface area contributed by atoms with E-state index >= 15 is 0 Å². The van der Waals surface area contributed by atoms with E-state index in [1.165, 1.54) is 11.8 Å². The summed E-state index contributed by atoms with van der Waals surface area (Å²) in [5.41, 5.74) is 1.15. The van der Waals surface area contributed by atoms with Crippen molar-refractivity contribution in [1.29, 1.82) is 0 Å². The minimum absolute atomic E-state index is 0.114. The van der Waals surface area contributed by atoms with Crippen molar-refractivity contribution in [3.8, 4) is 0 Å². The number of benzene rings is 1. The number of halogens is 3. The van der Waals surface area contributed by atoms with Crippen LogP contribution in [0.1, 0.15) is 17.2 Å². The quantitative estimate of drug-likeness (QED) is 0.914. The second-order valence-corrected chi connectivity index (χ2v) is 5.15. The summed E-state index contributed by atoms with van der Waals surface area (Å²) in [6.45, 7) is 0.500. The number of aliphatic imine (C=N–C) groups is 1. The number of nitrogens with one attached hydrogen (secondary N) is 1. The van der Waals surface area contributed by atoms with Crippen molar-refractivity contribution in [2.75, 3.05) is 13.1 Å². The Morgan fingerprint density at radius 1 is 1.28 bits per heavy atom. The van der Waals surface area contributed by atoms with Crippen molar-refractivity contribution in [1.82, 2.24) is 5.32 Å². The zero-order valence-corrected chi connectivity index (χ0v) is 10.4. The molecule has 0 amide bonds. The van der Waals surface area contributed by atoms with Crippen LogP contribution in [0.5, 0.6) is 0 Å².